The molecule has 0 heterocycles. The van der Waals surface area contributed by atoms with Crippen molar-refractivity contribution in [3.63, 3.8) is 0 Å². The molecular formula is C13H16F3NO2. The first-order valence-electron chi connectivity index (χ1n) is 6.01. The maximum Gasteiger partial charge on any atom is 0.305 e. The van der Waals surface area contributed by atoms with Gasteiger partial charge in [0.25, 0.3) is 0 Å². The number of rotatable bonds is 6. The maximum absolute atomic E-state index is 13.4. The number of nitrogens with two attached hydrogens (primary N) is 1. The number of ether oxygens (including phenoxy) is 1. The van der Waals surface area contributed by atoms with Crippen molar-refractivity contribution in [2.45, 2.75) is 32.2 Å². The third-order valence-corrected chi connectivity index (χ3v) is 2.64. The van der Waals surface area contributed by atoms with E-state index < -0.39 is 23.5 Å². The van der Waals surface area contributed by atoms with Gasteiger partial charge in [-0.3, -0.25) is 4.79 Å². The van der Waals surface area contributed by atoms with E-state index in [0.29, 0.717) is 19.1 Å². The number of carbonyl (C=O) groups is 1. The summed E-state index contributed by atoms with van der Waals surface area (Å²) in [4.78, 5) is 11.1. The minimum Gasteiger partial charge on any atom is -0.466 e. The van der Waals surface area contributed by atoms with Gasteiger partial charge in [-0.05, 0) is 25.8 Å². The summed E-state index contributed by atoms with van der Waals surface area (Å²) in [6, 6.07) is 0.430. The lowest BCUT2D eigenvalue weighted by molar-refractivity contribution is -0.143. The number of hydrogen-bond donors (Lipinski definition) is 1. The summed E-state index contributed by atoms with van der Waals surface area (Å²) in [5.74, 6) is -3.64. The molecule has 1 unspecified atom stereocenters. The zero-order valence-corrected chi connectivity index (χ0v) is 10.6. The van der Waals surface area contributed by atoms with Gasteiger partial charge in [0.2, 0.25) is 0 Å². The zero-order valence-electron chi connectivity index (χ0n) is 10.6. The fourth-order valence-corrected chi connectivity index (χ4v) is 1.68. The standard InChI is InChI=1S/C13H16F3NO2/c1-2-19-13(18)5-3-4-12(17)8-6-10(15)11(16)7-9(8)14/h6-7,12H,2-5,17H2,1H3. The average Bonchev–Trinajstić information content (AvgIpc) is 2.34. The molecular weight excluding hydrogens is 259 g/mol. The second kappa shape index (κ2) is 7.13. The molecule has 6 heteroatoms. The summed E-state index contributed by atoms with van der Waals surface area (Å²) < 4.78 is 43.9. The lowest BCUT2D eigenvalue weighted by Gasteiger charge is -2.13. The molecule has 0 saturated heterocycles. The quantitative estimate of drug-likeness (QED) is 0.641. The van der Waals surface area contributed by atoms with Crippen LogP contribution >= 0.6 is 0 Å². The van der Waals surface area contributed by atoms with E-state index in [1.165, 1.54) is 0 Å². The van der Waals surface area contributed by atoms with E-state index in [1.807, 2.05) is 0 Å². The highest BCUT2D eigenvalue weighted by molar-refractivity contribution is 5.69. The lowest BCUT2D eigenvalue weighted by Crippen LogP contribution is -2.14. The van der Waals surface area contributed by atoms with E-state index >= 15 is 0 Å². The molecule has 0 spiro atoms. The Balaban J connectivity index is 2.56. The molecule has 1 aromatic carbocycles. The van der Waals surface area contributed by atoms with Crippen LogP contribution in [0, 0.1) is 17.5 Å². The lowest BCUT2D eigenvalue weighted by atomic mass is 10.0. The molecule has 106 valence electrons. The molecule has 1 aromatic rings. The Bertz CT molecular complexity index is 452. The van der Waals surface area contributed by atoms with Crippen molar-refractivity contribution < 1.29 is 22.7 Å². The van der Waals surface area contributed by atoms with E-state index in [1.54, 1.807) is 6.92 Å². The number of hydrogen-bond acceptors (Lipinski definition) is 3. The van der Waals surface area contributed by atoms with Gasteiger partial charge in [-0.1, -0.05) is 0 Å². The second-order valence-corrected chi connectivity index (χ2v) is 4.09. The molecule has 2 N–H and O–H groups in total. The van der Waals surface area contributed by atoms with Crippen molar-refractivity contribution >= 4 is 5.97 Å². The van der Waals surface area contributed by atoms with E-state index in [-0.39, 0.29) is 24.4 Å². The van der Waals surface area contributed by atoms with E-state index in [4.69, 9.17) is 10.5 Å². The molecule has 1 atom stereocenters. The van der Waals surface area contributed by atoms with Gasteiger partial charge in [0.15, 0.2) is 11.6 Å². The number of carbonyl (C=O) groups excluding carboxylic acids is 1. The summed E-state index contributed by atoms with van der Waals surface area (Å²) >= 11 is 0. The van der Waals surface area contributed by atoms with Crippen molar-refractivity contribution in [2.75, 3.05) is 6.61 Å². The Kier molecular flexibility index (Phi) is 5.82. The monoisotopic (exact) mass is 275 g/mol. The first-order valence-corrected chi connectivity index (χ1v) is 6.01. The fourth-order valence-electron chi connectivity index (χ4n) is 1.68. The first-order chi connectivity index (χ1) is 8.95. The normalized spacial score (nSPS) is 12.3. The molecule has 19 heavy (non-hydrogen) atoms. The highest BCUT2D eigenvalue weighted by Gasteiger charge is 2.16. The number of benzene rings is 1. The van der Waals surface area contributed by atoms with E-state index in [0.717, 1.165) is 6.07 Å². The smallest absolute Gasteiger partial charge is 0.305 e. The van der Waals surface area contributed by atoms with Crippen LogP contribution in [0.3, 0.4) is 0 Å². The highest BCUT2D eigenvalue weighted by atomic mass is 19.2. The Hall–Kier alpha value is -1.56. The fraction of sp³-hybridized carbons (Fsp3) is 0.462. The Labute approximate surface area is 109 Å². The highest BCUT2D eigenvalue weighted by Crippen LogP contribution is 2.22. The van der Waals surface area contributed by atoms with Gasteiger partial charge in [-0.2, -0.15) is 0 Å². The molecule has 1 rings (SSSR count). The van der Waals surface area contributed by atoms with Gasteiger partial charge in [-0.25, -0.2) is 13.2 Å². The van der Waals surface area contributed by atoms with E-state index in [2.05, 4.69) is 0 Å². The molecule has 0 aliphatic rings. The van der Waals surface area contributed by atoms with Crippen molar-refractivity contribution in [1.82, 2.24) is 0 Å². The first kappa shape index (κ1) is 15.5. The minimum atomic E-state index is -1.25. The van der Waals surface area contributed by atoms with Crippen LogP contribution in [0.4, 0.5) is 13.2 Å². The van der Waals surface area contributed by atoms with Gasteiger partial charge in [0, 0.05) is 24.1 Å². The minimum absolute atomic E-state index is 0.0947. The Morgan fingerprint density at radius 1 is 1.26 bits per heavy atom. The number of halogens is 3. The van der Waals surface area contributed by atoms with Crippen LogP contribution in [0.2, 0.25) is 0 Å². The van der Waals surface area contributed by atoms with Crippen LogP contribution in [-0.2, 0) is 9.53 Å². The Morgan fingerprint density at radius 3 is 2.53 bits per heavy atom. The van der Waals surface area contributed by atoms with Crippen LogP contribution in [0.15, 0.2) is 12.1 Å². The van der Waals surface area contributed by atoms with Crippen molar-refractivity contribution in [2.24, 2.45) is 5.73 Å². The van der Waals surface area contributed by atoms with Crippen molar-refractivity contribution in [3.8, 4) is 0 Å². The molecule has 0 radical (unpaired) electrons. The third kappa shape index (κ3) is 4.55. The van der Waals surface area contributed by atoms with Crippen LogP contribution in [-0.4, -0.2) is 12.6 Å². The van der Waals surface area contributed by atoms with Gasteiger partial charge >= 0.3 is 5.97 Å². The predicted octanol–water partition coefficient (Wildman–Crippen LogP) is 2.84. The largest absolute Gasteiger partial charge is 0.466 e. The topological polar surface area (TPSA) is 52.3 Å². The SMILES string of the molecule is CCOC(=O)CCCC(N)c1cc(F)c(F)cc1F. The summed E-state index contributed by atoms with van der Waals surface area (Å²) in [5.41, 5.74) is 5.60. The van der Waals surface area contributed by atoms with Crippen LogP contribution in [0.25, 0.3) is 0 Å². The summed E-state index contributed by atoms with van der Waals surface area (Å²) in [6.07, 6.45) is 0.825. The molecule has 0 saturated carbocycles. The predicted molar refractivity (Wildman–Crippen MR) is 63.7 cm³/mol. The summed E-state index contributed by atoms with van der Waals surface area (Å²) in [7, 11) is 0. The van der Waals surface area contributed by atoms with Gasteiger partial charge in [0.05, 0.1) is 6.61 Å². The van der Waals surface area contributed by atoms with Crippen LogP contribution in [0.5, 0.6) is 0 Å². The van der Waals surface area contributed by atoms with E-state index in [9.17, 15) is 18.0 Å². The maximum atomic E-state index is 13.4. The molecule has 3 nitrogen and oxygen atoms in total. The number of esters is 1. The Morgan fingerprint density at radius 2 is 1.89 bits per heavy atom. The molecule has 0 aliphatic heterocycles. The van der Waals surface area contributed by atoms with Crippen LogP contribution in [0.1, 0.15) is 37.8 Å². The molecule has 0 aliphatic carbocycles. The average molecular weight is 275 g/mol. The zero-order chi connectivity index (χ0) is 14.4. The summed E-state index contributed by atoms with van der Waals surface area (Å²) in [6.45, 7) is 1.99. The summed E-state index contributed by atoms with van der Waals surface area (Å²) in [5, 5.41) is 0. The van der Waals surface area contributed by atoms with Gasteiger partial charge in [0.1, 0.15) is 5.82 Å². The molecule has 0 fully saturated rings. The molecule has 0 aromatic heterocycles. The van der Waals surface area contributed by atoms with Crippen molar-refractivity contribution in [1.29, 1.82) is 0 Å². The van der Waals surface area contributed by atoms with Crippen LogP contribution < -0.4 is 5.73 Å². The van der Waals surface area contributed by atoms with Gasteiger partial charge < -0.3 is 10.5 Å². The third-order valence-electron chi connectivity index (χ3n) is 2.64. The molecule has 0 bridgehead atoms. The van der Waals surface area contributed by atoms with Crippen molar-refractivity contribution in [3.05, 3.63) is 35.1 Å². The molecule has 0 amide bonds. The second-order valence-electron chi connectivity index (χ2n) is 4.09. The van der Waals surface area contributed by atoms with Gasteiger partial charge in [-0.15, -0.1) is 0 Å².